The molecule has 0 spiro atoms. The molecule has 0 heterocycles. The Morgan fingerprint density at radius 1 is 0.905 bits per heavy atom. The van der Waals surface area contributed by atoms with E-state index in [1.54, 1.807) is 18.2 Å². The van der Waals surface area contributed by atoms with E-state index in [9.17, 15) is 16.8 Å². The second-order valence-electron chi connectivity index (χ2n) is 4.41. The minimum Gasteiger partial charge on any atom is -0.384 e. The van der Waals surface area contributed by atoms with Crippen LogP contribution in [0.15, 0.2) is 41.3 Å². The SMILES string of the molecule is O=S(=O)(O)CCNc1ccc2cc(S(=O)(=O)O)ccc2c1. The van der Waals surface area contributed by atoms with E-state index in [0.29, 0.717) is 11.1 Å². The van der Waals surface area contributed by atoms with Gasteiger partial charge in [0.25, 0.3) is 20.2 Å². The van der Waals surface area contributed by atoms with Crippen LogP contribution in [-0.2, 0) is 20.2 Å². The highest BCUT2D eigenvalue weighted by Crippen LogP contribution is 2.22. The van der Waals surface area contributed by atoms with Gasteiger partial charge in [-0.1, -0.05) is 12.1 Å². The Bertz CT molecular complexity index is 874. The van der Waals surface area contributed by atoms with Crippen molar-refractivity contribution in [2.45, 2.75) is 4.90 Å². The van der Waals surface area contributed by atoms with Gasteiger partial charge in [0.05, 0.1) is 10.6 Å². The fourth-order valence-electron chi connectivity index (χ4n) is 1.82. The van der Waals surface area contributed by atoms with Crippen LogP contribution in [0.5, 0.6) is 0 Å². The molecule has 9 heteroatoms. The largest absolute Gasteiger partial charge is 0.384 e. The van der Waals surface area contributed by atoms with E-state index in [1.807, 2.05) is 0 Å². The van der Waals surface area contributed by atoms with Crippen LogP contribution in [0.3, 0.4) is 0 Å². The first-order chi connectivity index (χ1) is 9.65. The maximum Gasteiger partial charge on any atom is 0.294 e. The van der Waals surface area contributed by atoms with Crippen LogP contribution in [-0.4, -0.2) is 38.2 Å². The monoisotopic (exact) mass is 331 g/mol. The molecular weight excluding hydrogens is 318 g/mol. The predicted octanol–water partition coefficient (Wildman–Crippen LogP) is 1.39. The van der Waals surface area contributed by atoms with Crippen LogP contribution in [0, 0.1) is 0 Å². The van der Waals surface area contributed by atoms with Gasteiger partial charge in [0.1, 0.15) is 0 Å². The van der Waals surface area contributed by atoms with Crippen LogP contribution in [0.4, 0.5) is 5.69 Å². The molecule has 0 bridgehead atoms. The van der Waals surface area contributed by atoms with Crippen molar-refractivity contribution in [1.29, 1.82) is 0 Å². The molecule has 0 unspecified atom stereocenters. The van der Waals surface area contributed by atoms with Crippen LogP contribution in [0.1, 0.15) is 0 Å². The third-order valence-corrected chi connectivity index (χ3v) is 4.37. The fraction of sp³-hybridized carbons (Fsp3) is 0.167. The Kier molecular flexibility index (Phi) is 4.19. The molecule has 0 fully saturated rings. The van der Waals surface area contributed by atoms with Gasteiger partial charge in [-0.2, -0.15) is 16.8 Å². The molecule has 2 aromatic carbocycles. The van der Waals surface area contributed by atoms with E-state index < -0.39 is 26.0 Å². The van der Waals surface area contributed by atoms with Crippen LogP contribution in [0.2, 0.25) is 0 Å². The van der Waals surface area contributed by atoms with E-state index in [1.165, 1.54) is 18.2 Å². The van der Waals surface area contributed by atoms with Gasteiger partial charge in [0.15, 0.2) is 0 Å². The minimum atomic E-state index is -4.25. The standard InChI is InChI=1S/C12H13NO6S2/c14-20(15,16)6-5-13-11-3-1-10-8-12(21(17,18)19)4-2-9(10)7-11/h1-4,7-8,13H,5-6H2,(H,14,15,16)(H,17,18,19). The molecule has 0 amide bonds. The Morgan fingerprint density at radius 2 is 1.52 bits per heavy atom. The molecule has 0 atom stereocenters. The number of anilines is 1. The Hall–Kier alpha value is -1.68. The summed E-state index contributed by atoms with van der Waals surface area (Å²) in [7, 11) is -8.26. The summed E-state index contributed by atoms with van der Waals surface area (Å²) in [6.07, 6.45) is 0. The number of rotatable bonds is 5. The third kappa shape index (κ3) is 4.39. The van der Waals surface area contributed by atoms with Crippen LogP contribution < -0.4 is 5.32 Å². The summed E-state index contributed by atoms with van der Waals surface area (Å²) < 4.78 is 60.9. The van der Waals surface area contributed by atoms with Crippen molar-refractivity contribution in [1.82, 2.24) is 0 Å². The summed E-state index contributed by atoms with van der Waals surface area (Å²) in [5.74, 6) is -0.410. The zero-order valence-corrected chi connectivity index (χ0v) is 12.4. The van der Waals surface area contributed by atoms with Gasteiger partial charge >= 0.3 is 0 Å². The molecule has 0 saturated carbocycles. The topological polar surface area (TPSA) is 121 Å². The highest BCUT2D eigenvalue weighted by atomic mass is 32.2. The molecule has 3 N–H and O–H groups in total. The number of benzene rings is 2. The third-order valence-electron chi connectivity index (χ3n) is 2.80. The lowest BCUT2D eigenvalue weighted by molar-refractivity contribution is 0.481. The lowest BCUT2D eigenvalue weighted by atomic mass is 10.1. The molecule has 0 aromatic heterocycles. The quantitative estimate of drug-likeness (QED) is 0.708. The van der Waals surface area contributed by atoms with Crippen molar-refractivity contribution in [2.75, 3.05) is 17.6 Å². The van der Waals surface area contributed by atoms with Gasteiger partial charge in [-0.15, -0.1) is 0 Å². The van der Waals surface area contributed by atoms with E-state index in [-0.39, 0.29) is 11.4 Å². The van der Waals surface area contributed by atoms with Gasteiger partial charge in [-0.05, 0) is 35.0 Å². The van der Waals surface area contributed by atoms with Crippen molar-refractivity contribution in [3.63, 3.8) is 0 Å². The molecule has 2 rings (SSSR count). The predicted molar refractivity (Wildman–Crippen MR) is 78.7 cm³/mol. The van der Waals surface area contributed by atoms with Gasteiger partial charge < -0.3 is 5.32 Å². The maximum absolute atomic E-state index is 11.0. The van der Waals surface area contributed by atoms with Gasteiger partial charge in [0, 0.05) is 12.2 Å². The number of fused-ring (bicyclic) bond motifs is 1. The van der Waals surface area contributed by atoms with E-state index in [2.05, 4.69) is 5.32 Å². The Labute approximate surface area is 122 Å². The van der Waals surface area contributed by atoms with Crippen LogP contribution >= 0.6 is 0 Å². The Balaban J connectivity index is 2.23. The van der Waals surface area contributed by atoms with Crippen molar-refractivity contribution in [2.24, 2.45) is 0 Å². The smallest absolute Gasteiger partial charge is 0.294 e. The summed E-state index contributed by atoms with van der Waals surface area (Å²) in [4.78, 5) is -0.193. The van der Waals surface area contributed by atoms with E-state index >= 15 is 0 Å². The van der Waals surface area contributed by atoms with Crippen molar-refractivity contribution in [3.8, 4) is 0 Å². The van der Waals surface area contributed by atoms with Gasteiger partial charge in [-0.3, -0.25) is 9.11 Å². The molecule has 0 saturated heterocycles. The fourth-order valence-corrected chi connectivity index (χ4v) is 2.69. The summed E-state index contributed by atoms with van der Waals surface area (Å²) in [6, 6.07) is 9.13. The lowest BCUT2D eigenvalue weighted by Crippen LogP contribution is -2.14. The Morgan fingerprint density at radius 3 is 2.14 bits per heavy atom. The highest BCUT2D eigenvalue weighted by molar-refractivity contribution is 7.86. The van der Waals surface area contributed by atoms with Crippen molar-refractivity contribution in [3.05, 3.63) is 36.4 Å². The van der Waals surface area contributed by atoms with Crippen molar-refractivity contribution < 1.29 is 25.9 Å². The number of hydrogen-bond donors (Lipinski definition) is 3. The summed E-state index contributed by atoms with van der Waals surface area (Å²) >= 11 is 0. The molecule has 2 aromatic rings. The van der Waals surface area contributed by atoms with E-state index in [0.717, 1.165) is 5.39 Å². The number of nitrogens with one attached hydrogen (secondary N) is 1. The molecule has 0 aliphatic carbocycles. The minimum absolute atomic E-state index is 0.0491. The van der Waals surface area contributed by atoms with Gasteiger partial charge in [-0.25, -0.2) is 0 Å². The molecule has 114 valence electrons. The average molecular weight is 331 g/mol. The maximum atomic E-state index is 11.0. The lowest BCUT2D eigenvalue weighted by Gasteiger charge is -2.07. The molecule has 0 radical (unpaired) electrons. The van der Waals surface area contributed by atoms with E-state index in [4.69, 9.17) is 9.11 Å². The van der Waals surface area contributed by atoms with Crippen LogP contribution in [0.25, 0.3) is 10.8 Å². The first-order valence-corrected chi connectivity index (χ1v) is 8.90. The molecule has 0 aliphatic heterocycles. The summed E-state index contributed by atoms with van der Waals surface area (Å²) in [5, 5.41) is 4.17. The first kappa shape index (κ1) is 15.7. The summed E-state index contributed by atoms with van der Waals surface area (Å²) in [5.41, 5.74) is 0.630. The molecule has 21 heavy (non-hydrogen) atoms. The zero-order chi connectivity index (χ0) is 15.7. The summed E-state index contributed by atoms with van der Waals surface area (Å²) in [6.45, 7) is 0.0491. The molecule has 7 nitrogen and oxygen atoms in total. The average Bonchev–Trinajstić information content (AvgIpc) is 2.35. The molecular formula is C12H13NO6S2. The number of hydrogen-bond acceptors (Lipinski definition) is 5. The van der Waals surface area contributed by atoms with Gasteiger partial charge in [0.2, 0.25) is 0 Å². The zero-order valence-electron chi connectivity index (χ0n) is 10.7. The normalized spacial score (nSPS) is 12.5. The highest BCUT2D eigenvalue weighted by Gasteiger charge is 2.10. The second kappa shape index (κ2) is 5.60. The first-order valence-electron chi connectivity index (χ1n) is 5.85. The van der Waals surface area contributed by atoms with Crippen molar-refractivity contribution >= 4 is 36.7 Å². The second-order valence-corrected chi connectivity index (χ2v) is 7.41. The molecule has 0 aliphatic rings.